The van der Waals surface area contributed by atoms with E-state index in [1.54, 1.807) is 0 Å². The highest BCUT2D eigenvalue weighted by Crippen LogP contribution is 2.47. The number of phosphoric ester groups is 1. The summed E-state index contributed by atoms with van der Waals surface area (Å²) in [6.45, 7) is 3.25. The summed E-state index contributed by atoms with van der Waals surface area (Å²) >= 11 is 0. The largest absolute Gasteiger partial charge is 0.472 e. The van der Waals surface area contributed by atoms with Crippen LogP contribution in [-0.4, -0.2) is 98.3 Å². The summed E-state index contributed by atoms with van der Waals surface area (Å²) < 4.78 is 33.4. The van der Waals surface area contributed by atoms with Gasteiger partial charge in [-0.25, -0.2) is 4.57 Å². The quantitative estimate of drug-likeness (QED) is 0.0159. The van der Waals surface area contributed by atoms with Gasteiger partial charge in [0.2, 0.25) is 0 Å². The molecule has 324 valence electrons. The predicted molar refractivity (Wildman–Crippen MR) is 212 cm³/mol. The van der Waals surface area contributed by atoms with E-state index in [1.807, 2.05) is 0 Å². The van der Waals surface area contributed by atoms with Crippen LogP contribution in [0.4, 0.5) is 0 Å². The Labute approximate surface area is 331 Å². The summed E-state index contributed by atoms with van der Waals surface area (Å²) in [6, 6.07) is 0. The number of rotatable bonds is 35. The Hall–Kier alpha value is -1.41. The number of aliphatic hydroxyl groups is 5. The van der Waals surface area contributed by atoms with Crippen molar-refractivity contribution in [1.82, 2.24) is 0 Å². The number of hydrogen-bond donors (Lipinski definition) is 6. The van der Waals surface area contributed by atoms with Crippen LogP contribution in [0.3, 0.4) is 0 Å². The zero-order valence-electron chi connectivity index (χ0n) is 34.0. The third-order valence-electron chi connectivity index (χ3n) is 10.1. The van der Waals surface area contributed by atoms with Gasteiger partial charge in [-0.3, -0.25) is 18.6 Å². The lowest BCUT2D eigenvalue weighted by molar-refractivity contribution is -0.220. The number of carbonyl (C=O) groups excluding carboxylic acids is 2. The molecule has 0 saturated heterocycles. The Bertz CT molecular complexity index is 1030. The van der Waals surface area contributed by atoms with Crippen LogP contribution < -0.4 is 0 Å². The molecular weight excluding hydrogens is 731 g/mol. The molecule has 0 amide bonds. The van der Waals surface area contributed by atoms with E-state index in [9.17, 15) is 44.6 Å². The Morgan fingerprint density at radius 2 is 0.927 bits per heavy atom. The molecule has 1 fully saturated rings. The average molecular weight is 809 g/mol. The number of ether oxygens (including phenoxy) is 2. The molecule has 8 atom stereocenters. The van der Waals surface area contributed by atoms with Gasteiger partial charge in [-0.1, -0.05) is 142 Å². The highest BCUT2D eigenvalue weighted by molar-refractivity contribution is 7.47. The monoisotopic (exact) mass is 809 g/mol. The number of allylic oxidation sites excluding steroid dienone is 2. The van der Waals surface area contributed by atoms with Crippen molar-refractivity contribution in [3.63, 3.8) is 0 Å². The molecule has 1 aliphatic carbocycles. The van der Waals surface area contributed by atoms with Crippen molar-refractivity contribution in [3.8, 4) is 0 Å². The molecule has 0 aromatic carbocycles. The topological polar surface area (TPSA) is 210 Å². The van der Waals surface area contributed by atoms with Gasteiger partial charge in [0.1, 0.15) is 43.2 Å². The van der Waals surface area contributed by atoms with Gasteiger partial charge in [0, 0.05) is 12.8 Å². The lowest BCUT2D eigenvalue weighted by atomic mass is 9.85. The lowest BCUT2D eigenvalue weighted by Gasteiger charge is -2.41. The Morgan fingerprint density at radius 3 is 1.40 bits per heavy atom. The zero-order valence-corrected chi connectivity index (χ0v) is 34.9. The van der Waals surface area contributed by atoms with E-state index >= 15 is 0 Å². The van der Waals surface area contributed by atoms with Crippen molar-refractivity contribution in [1.29, 1.82) is 0 Å². The summed E-state index contributed by atoms with van der Waals surface area (Å²) in [6.07, 6.45) is 18.6. The first-order valence-electron chi connectivity index (χ1n) is 21.5. The molecule has 55 heavy (non-hydrogen) atoms. The van der Waals surface area contributed by atoms with Crippen LogP contribution in [0.15, 0.2) is 12.2 Å². The van der Waals surface area contributed by atoms with Gasteiger partial charge in [-0.15, -0.1) is 0 Å². The first-order chi connectivity index (χ1) is 26.4. The molecule has 14 heteroatoms. The Morgan fingerprint density at radius 1 is 0.545 bits per heavy atom. The summed E-state index contributed by atoms with van der Waals surface area (Å²) in [5.74, 6) is -1.10. The van der Waals surface area contributed by atoms with E-state index in [-0.39, 0.29) is 12.8 Å². The van der Waals surface area contributed by atoms with Crippen LogP contribution in [0.2, 0.25) is 0 Å². The maximum absolute atomic E-state index is 12.8. The van der Waals surface area contributed by atoms with Gasteiger partial charge < -0.3 is 39.9 Å². The molecule has 0 bridgehead atoms. The average Bonchev–Trinajstić information content (AvgIpc) is 3.16. The van der Waals surface area contributed by atoms with Crippen molar-refractivity contribution in [2.24, 2.45) is 0 Å². The predicted octanol–water partition coefficient (Wildman–Crippen LogP) is 7.50. The molecule has 0 heterocycles. The molecule has 0 spiro atoms. The third kappa shape index (κ3) is 25.5. The molecule has 13 nitrogen and oxygen atoms in total. The van der Waals surface area contributed by atoms with Crippen molar-refractivity contribution in [2.75, 3.05) is 13.2 Å². The number of carbonyl (C=O) groups is 2. The van der Waals surface area contributed by atoms with Gasteiger partial charge in [0.05, 0.1) is 6.61 Å². The first-order valence-corrected chi connectivity index (χ1v) is 23.0. The van der Waals surface area contributed by atoms with Gasteiger partial charge >= 0.3 is 19.8 Å². The zero-order chi connectivity index (χ0) is 40.7. The van der Waals surface area contributed by atoms with Gasteiger partial charge in [0.25, 0.3) is 0 Å². The molecule has 1 saturated carbocycles. The molecule has 0 radical (unpaired) electrons. The molecule has 1 aliphatic rings. The lowest BCUT2D eigenvalue weighted by Crippen LogP contribution is -2.64. The standard InChI is InChI=1S/C41H77O13P/c1-3-5-7-9-11-13-14-15-16-17-18-19-20-22-24-26-28-30-35(43)53-33(31-51-34(42)29-27-25-23-21-12-10-8-6-4-2)32-52-55(49,50)54-41-39(47)37(45)36(44)38(46)40(41)48/h13-14,33,36-41,44-48H,3-12,15-32H2,1-2H3,(H,49,50)/b14-13+/t33-,36?,37-,38?,39?,40?,41?/m1/s1. The van der Waals surface area contributed by atoms with Crippen LogP contribution in [0.25, 0.3) is 0 Å². The summed E-state index contributed by atoms with van der Waals surface area (Å²) in [5, 5.41) is 50.0. The van der Waals surface area contributed by atoms with Crippen molar-refractivity contribution in [2.45, 2.75) is 224 Å². The number of phosphoric acid groups is 1. The molecule has 0 aromatic rings. The minimum Gasteiger partial charge on any atom is -0.462 e. The molecule has 0 aliphatic heterocycles. The van der Waals surface area contributed by atoms with E-state index in [0.29, 0.717) is 12.8 Å². The van der Waals surface area contributed by atoms with E-state index in [1.165, 1.54) is 89.9 Å². The SMILES string of the molecule is CCCCCC/C=C/CCCCCCCCCCCC(=O)O[C@H](COC(=O)CCCCCCCCCCC)COP(=O)(O)OC1C(O)C(O)C(O)[C@@H](O)C1O. The van der Waals surface area contributed by atoms with Crippen LogP contribution in [-0.2, 0) is 32.7 Å². The fourth-order valence-corrected chi connectivity index (χ4v) is 7.55. The van der Waals surface area contributed by atoms with Gasteiger partial charge in [0.15, 0.2) is 6.10 Å². The van der Waals surface area contributed by atoms with Crippen LogP contribution in [0.5, 0.6) is 0 Å². The fourth-order valence-electron chi connectivity index (χ4n) is 6.58. The molecule has 6 N–H and O–H groups in total. The normalized spacial score (nSPS) is 23.1. The number of unbranched alkanes of at least 4 members (excludes halogenated alkanes) is 21. The van der Waals surface area contributed by atoms with Crippen molar-refractivity contribution in [3.05, 3.63) is 12.2 Å². The second-order valence-corrected chi connectivity index (χ2v) is 16.6. The highest BCUT2D eigenvalue weighted by Gasteiger charge is 2.51. The second kappa shape index (κ2) is 32.5. The number of esters is 2. The maximum atomic E-state index is 12.8. The third-order valence-corrected chi connectivity index (χ3v) is 11.1. The first kappa shape index (κ1) is 51.6. The van der Waals surface area contributed by atoms with E-state index < -0.39 is 75.7 Å². The summed E-state index contributed by atoms with van der Waals surface area (Å²) in [4.78, 5) is 35.5. The molecule has 6 unspecified atom stereocenters. The van der Waals surface area contributed by atoms with Crippen LogP contribution in [0.1, 0.15) is 181 Å². The van der Waals surface area contributed by atoms with Crippen LogP contribution in [0, 0.1) is 0 Å². The maximum Gasteiger partial charge on any atom is 0.472 e. The van der Waals surface area contributed by atoms with Crippen LogP contribution >= 0.6 is 7.82 Å². The van der Waals surface area contributed by atoms with Crippen molar-refractivity contribution >= 4 is 19.8 Å². The van der Waals surface area contributed by atoms with Gasteiger partial charge in [-0.05, 0) is 38.5 Å². The highest BCUT2D eigenvalue weighted by atomic mass is 31.2. The smallest absolute Gasteiger partial charge is 0.462 e. The number of aliphatic hydroxyl groups excluding tert-OH is 5. The van der Waals surface area contributed by atoms with Gasteiger partial charge in [-0.2, -0.15) is 0 Å². The van der Waals surface area contributed by atoms with E-state index in [4.69, 9.17) is 18.5 Å². The van der Waals surface area contributed by atoms with E-state index in [2.05, 4.69) is 26.0 Å². The van der Waals surface area contributed by atoms with Crippen molar-refractivity contribution < 1.29 is 63.1 Å². The minimum absolute atomic E-state index is 0.0981. The Kier molecular flexibility index (Phi) is 30.5. The molecule has 0 aromatic heterocycles. The molecule has 1 rings (SSSR count). The number of hydrogen-bond acceptors (Lipinski definition) is 12. The Balaban J connectivity index is 2.46. The second-order valence-electron chi connectivity index (χ2n) is 15.2. The summed E-state index contributed by atoms with van der Waals surface area (Å²) in [7, 11) is -5.11. The fraction of sp³-hybridized carbons (Fsp3) is 0.902. The minimum atomic E-state index is -5.11. The van der Waals surface area contributed by atoms with E-state index in [0.717, 1.165) is 51.4 Å². The summed E-state index contributed by atoms with van der Waals surface area (Å²) in [5.41, 5.74) is 0. The molecular formula is C41H77O13P.